The molecule has 0 radical (unpaired) electrons. The SMILES string of the molecule is CCc1ccccc1C(=O)N1CCN(C(=O)CO)CC1. The van der Waals surface area contributed by atoms with Crippen molar-refractivity contribution in [1.82, 2.24) is 9.80 Å². The lowest BCUT2D eigenvalue weighted by molar-refractivity contribution is -0.135. The number of carbonyl (C=O) groups excluding carboxylic acids is 2. The van der Waals surface area contributed by atoms with Crippen molar-refractivity contribution in [3.63, 3.8) is 0 Å². The first kappa shape index (κ1) is 14.5. The molecule has 0 unspecified atom stereocenters. The first-order valence-corrected chi connectivity index (χ1v) is 6.93. The highest BCUT2D eigenvalue weighted by molar-refractivity contribution is 5.95. The van der Waals surface area contributed by atoms with E-state index in [1.165, 1.54) is 0 Å². The summed E-state index contributed by atoms with van der Waals surface area (Å²) in [5.41, 5.74) is 1.79. The predicted octanol–water partition coefficient (Wildman–Crippen LogP) is 0.526. The third-order valence-corrected chi connectivity index (χ3v) is 3.68. The average molecular weight is 276 g/mol. The van der Waals surface area contributed by atoms with Crippen LogP contribution in [0.3, 0.4) is 0 Å². The maximum Gasteiger partial charge on any atom is 0.254 e. The van der Waals surface area contributed by atoms with Gasteiger partial charge < -0.3 is 14.9 Å². The summed E-state index contributed by atoms with van der Waals surface area (Å²) in [5, 5.41) is 8.84. The molecule has 1 aliphatic heterocycles. The number of carbonyl (C=O) groups is 2. The van der Waals surface area contributed by atoms with E-state index in [0.29, 0.717) is 26.2 Å². The number of nitrogens with zero attached hydrogens (tertiary/aromatic N) is 2. The maximum absolute atomic E-state index is 12.5. The third kappa shape index (κ3) is 2.99. The van der Waals surface area contributed by atoms with Gasteiger partial charge in [-0.25, -0.2) is 0 Å². The lowest BCUT2D eigenvalue weighted by Gasteiger charge is -2.34. The zero-order valence-electron chi connectivity index (χ0n) is 11.7. The van der Waals surface area contributed by atoms with E-state index < -0.39 is 6.61 Å². The van der Waals surface area contributed by atoms with Crippen molar-refractivity contribution < 1.29 is 14.7 Å². The molecule has 5 nitrogen and oxygen atoms in total. The predicted molar refractivity (Wildman–Crippen MR) is 75.4 cm³/mol. The molecule has 0 bridgehead atoms. The van der Waals surface area contributed by atoms with Crippen LogP contribution in [0.15, 0.2) is 24.3 Å². The zero-order valence-corrected chi connectivity index (χ0v) is 11.7. The number of amides is 2. The Hall–Kier alpha value is -1.88. The Morgan fingerprint density at radius 2 is 1.70 bits per heavy atom. The van der Waals surface area contributed by atoms with E-state index in [1.54, 1.807) is 9.80 Å². The number of rotatable bonds is 3. The molecule has 2 amide bonds. The van der Waals surface area contributed by atoms with E-state index in [0.717, 1.165) is 17.5 Å². The standard InChI is InChI=1S/C15H20N2O3/c1-2-12-5-3-4-6-13(12)15(20)17-9-7-16(8-10-17)14(19)11-18/h3-6,18H,2,7-11H2,1H3. The molecule has 0 saturated carbocycles. The smallest absolute Gasteiger partial charge is 0.254 e. The fourth-order valence-corrected chi connectivity index (χ4v) is 2.47. The van der Waals surface area contributed by atoms with Gasteiger partial charge in [0.1, 0.15) is 6.61 Å². The average Bonchev–Trinajstić information content (AvgIpc) is 2.53. The topological polar surface area (TPSA) is 60.9 Å². The van der Waals surface area contributed by atoms with Crippen molar-refractivity contribution >= 4 is 11.8 Å². The summed E-state index contributed by atoms with van der Waals surface area (Å²) in [6.07, 6.45) is 0.824. The molecule has 108 valence electrons. The van der Waals surface area contributed by atoms with Gasteiger partial charge in [0.05, 0.1) is 0 Å². The second-order valence-electron chi connectivity index (χ2n) is 4.84. The van der Waals surface area contributed by atoms with Crippen LogP contribution in [0.4, 0.5) is 0 Å². The van der Waals surface area contributed by atoms with Gasteiger partial charge in [0.2, 0.25) is 5.91 Å². The second-order valence-corrected chi connectivity index (χ2v) is 4.84. The quantitative estimate of drug-likeness (QED) is 0.876. The Labute approximate surface area is 118 Å². The molecule has 1 saturated heterocycles. The summed E-state index contributed by atoms with van der Waals surface area (Å²) in [5.74, 6) is -0.246. The number of hydrogen-bond acceptors (Lipinski definition) is 3. The van der Waals surface area contributed by atoms with Crippen LogP contribution in [-0.2, 0) is 11.2 Å². The Kier molecular flexibility index (Phi) is 4.74. The number of aliphatic hydroxyl groups excluding tert-OH is 1. The van der Waals surface area contributed by atoms with Crippen molar-refractivity contribution in [2.45, 2.75) is 13.3 Å². The molecule has 2 rings (SSSR count). The Balaban J connectivity index is 2.03. The van der Waals surface area contributed by atoms with Crippen LogP contribution in [-0.4, -0.2) is 59.5 Å². The highest BCUT2D eigenvalue weighted by Crippen LogP contribution is 2.14. The number of benzene rings is 1. The Morgan fingerprint density at radius 3 is 2.30 bits per heavy atom. The lowest BCUT2D eigenvalue weighted by Crippen LogP contribution is -2.51. The zero-order chi connectivity index (χ0) is 14.5. The van der Waals surface area contributed by atoms with Gasteiger partial charge in [0, 0.05) is 31.7 Å². The number of hydrogen-bond donors (Lipinski definition) is 1. The van der Waals surface area contributed by atoms with Gasteiger partial charge in [0.15, 0.2) is 0 Å². The van der Waals surface area contributed by atoms with E-state index in [-0.39, 0.29) is 11.8 Å². The Bertz CT molecular complexity index is 494. The molecule has 1 aromatic rings. The van der Waals surface area contributed by atoms with Gasteiger partial charge in [-0.05, 0) is 18.1 Å². The third-order valence-electron chi connectivity index (χ3n) is 3.68. The first-order chi connectivity index (χ1) is 9.67. The van der Waals surface area contributed by atoms with Gasteiger partial charge >= 0.3 is 0 Å². The lowest BCUT2D eigenvalue weighted by atomic mass is 10.0. The van der Waals surface area contributed by atoms with E-state index in [1.807, 2.05) is 31.2 Å². The molecule has 0 aliphatic carbocycles. The van der Waals surface area contributed by atoms with Gasteiger partial charge in [0.25, 0.3) is 5.91 Å². The minimum atomic E-state index is -0.466. The highest BCUT2D eigenvalue weighted by atomic mass is 16.3. The van der Waals surface area contributed by atoms with Crippen molar-refractivity contribution in [2.75, 3.05) is 32.8 Å². The molecular weight excluding hydrogens is 256 g/mol. The van der Waals surface area contributed by atoms with Gasteiger partial charge in [-0.2, -0.15) is 0 Å². The minimum absolute atomic E-state index is 0.0264. The molecule has 1 aliphatic rings. The van der Waals surface area contributed by atoms with Crippen LogP contribution in [0.2, 0.25) is 0 Å². The molecule has 0 spiro atoms. The summed E-state index contributed by atoms with van der Waals surface area (Å²) in [6, 6.07) is 7.64. The van der Waals surface area contributed by atoms with Gasteiger partial charge in [-0.15, -0.1) is 0 Å². The van der Waals surface area contributed by atoms with Crippen LogP contribution in [0.25, 0.3) is 0 Å². The van der Waals surface area contributed by atoms with Crippen molar-refractivity contribution in [3.8, 4) is 0 Å². The van der Waals surface area contributed by atoms with E-state index in [9.17, 15) is 9.59 Å². The molecule has 1 heterocycles. The normalized spacial score (nSPS) is 15.3. The van der Waals surface area contributed by atoms with Crippen molar-refractivity contribution in [2.24, 2.45) is 0 Å². The second kappa shape index (κ2) is 6.52. The van der Waals surface area contributed by atoms with Gasteiger partial charge in [-0.3, -0.25) is 9.59 Å². The molecule has 1 aromatic carbocycles. The molecule has 1 N–H and O–H groups in total. The first-order valence-electron chi connectivity index (χ1n) is 6.93. The summed E-state index contributed by atoms with van der Waals surface area (Å²) < 4.78 is 0. The summed E-state index contributed by atoms with van der Waals surface area (Å²) in [6.45, 7) is 3.57. The number of aryl methyl sites for hydroxylation is 1. The van der Waals surface area contributed by atoms with Crippen LogP contribution in [0.1, 0.15) is 22.8 Å². The van der Waals surface area contributed by atoms with Crippen LogP contribution >= 0.6 is 0 Å². The van der Waals surface area contributed by atoms with E-state index in [4.69, 9.17) is 5.11 Å². The molecule has 5 heteroatoms. The monoisotopic (exact) mass is 276 g/mol. The highest BCUT2D eigenvalue weighted by Gasteiger charge is 2.25. The van der Waals surface area contributed by atoms with E-state index in [2.05, 4.69) is 0 Å². The molecule has 0 atom stereocenters. The minimum Gasteiger partial charge on any atom is -0.387 e. The molecule has 1 fully saturated rings. The van der Waals surface area contributed by atoms with Crippen LogP contribution in [0, 0.1) is 0 Å². The largest absolute Gasteiger partial charge is 0.387 e. The number of aliphatic hydroxyl groups is 1. The Morgan fingerprint density at radius 1 is 1.10 bits per heavy atom. The molecule has 20 heavy (non-hydrogen) atoms. The van der Waals surface area contributed by atoms with Crippen molar-refractivity contribution in [1.29, 1.82) is 0 Å². The fourth-order valence-electron chi connectivity index (χ4n) is 2.47. The fraction of sp³-hybridized carbons (Fsp3) is 0.467. The molecule has 0 aromatic heterocycles. The summed E-state index contributed by atoms with van der Waals surface area (Å²) >= 11 is 0. The van der Waals surface area contributed by atoms with Crippen LogP contribution in [0.5, 0.6) is 0 Å². The van der Waals surface area contributed by atoms with Gasteiger partial charge in [-0.1, -0.05) is 25.1 Å². The number of piperazine rings is 1. The van der Waals surface area contributed by atoms with Crippen LogP contribution < -0.4 is 0 Å². The summed E-state index contributed by atoms with van der Waals surface area (Å²) in [7, 11) is 0. The molecular formula is C15H20N2O3. The van der Waals surface area contributed by atoms with E-state index >= 15 is 0 Å². The van der Waals surface area contributed by atoms with Crippen molar-refractivity contribution in [3.05, 3.63) is 35.4 Å². The maximum atomic E-state index is 12.5. The summed E-state index contributed by atoms with van der Waals surface area (Å²) in [4.78, 5) is 27.3.